The number of sulfonamides is 1. The second-order valence-corrected chi connectivity index (χ2v) is 10.5. The van der Waals surface area contributed by atoms with Crippen molar-refractivity contribution in [2.24, 2.45) is 0 Å². The zero-order valence-corrected chi connectivity index (χ0v) is 19.3. The molecule has 4 nitrogen and oxygen atoms in total. The average molecular weight is 421 g/mol. The van der Waals surface area contributed by atoms with Crippen LogP contribution in [0.1, 0.15) is 58.7 Å². The maximum Gasteiger partial charge on any atom is 0.241 e. The summed E-state index contributed by atoms with van der Waals surface area (Å²) in [6, 6.07) is 2.21. The lowest BCUT2D eigenvalue weighted by Gasteiger charge is -2.34. The van der Waals surface area contributed by atoms with Crippen LogP contribution in [0.15, 0.2) is 21.7 Å². The van der Waals surface area contributed by atoms with Crippen LogP contribution < -0.4 is 4.72 Å². The van der Waals surface area contributed by atoms with E-state index in [-0.39, 0.29) is 6.04 Å². The summed E-state index contributed by atoms with van der Waals surface area (Å²) in [5.74, 6) is 0. The highest BCUT2D eigenvalue weighted by Crippen LogP contribution is 2.31. The molecule has 3 rings (SSSR count). The third kappa shape index (κ3) is 4.20. The fourth-order valence-electron chi connectivity index (χ4n) is 4.28. The zero-order valence-electron chi connectivity index (χ0n) is 17.6. The summed E-state index contributed by atoms with van der Waals surface area (Å²) in [7, 11) is -3.58. The van der Waals surface area contributed by atoms with E-state index in [0.29, 0.717) is 11.4 Å². The Labute approximate surface area is 174 Å². The number of likely N-dealkylation sites (tertiary alicyclic amines) is 1. The summed E-state index contributed by atoms with van der Waals surface area (Å²) >= 11 is 1.67. The molecule has 1 fully saturated rings. The van der Waals surface area contributed by atoms with E-state index in [4.69, 9.17) is 0 Å². The molecule has 0 spiro atoms. The number of thiophene rings is 1. The molecule has 1 saturated heterocycles. The van der Waals surface area contributed by atoms with E-state index in [2.05, 4.69) is 33.4 Å². The van der Waals surface area contributed by atoms with Crippen LogP contribution >= 0.6 is 11.3 Å². The number of hydrogen-bond donors (Lipinski definition) is 1. The first-order valence-corrected chi connectivity index (χ1v) is 12.5. The maximum absolute atomic E-state index is 13.3. The van der Waals surface area contributed by atoms with Crippen LogP contribution in [0.4, 0.5) is 0 Å². The van der Waals surface area contributed by atoms with Crippen molar-refractivity contribution < 1.29 is 8.42 Å². The van der Waals surface area contributed by atoms with Gasteiger partial charge in [-0.1, -0.05) is 6.42 Å². The van der Waals surface area contributed by atoms with E-state index >= 15 is 0 Å². The SMILES string of the molecule is Cc1c(C)c(C)c(S(=O)(=O)NCC(c2ccsc2)N2CCCCC2)c(C)c1C. The Morgan fingerprint density at radius 1 is 0.964 bits per heavy atom. The van der Waals surface area contributed by atoms with Crippen molar-refractivity contribution in [2.75, 3.05) is 19.6 Å². The molecule has 0 radical (unpaired) electrons. The topological polar surface area (TPSA) is 49.4 Å². The first-order valence-electron chi connectivity index (χ1n) is 10.1. The Hall–Kier alpha value is -1.21. The molecule has 6 heteroatoms. The van der Waals surface area contributed by atoms with Gasteiger partial charge in [-0.3, -0.25) is 4.90 Å². The first kappa shape index (κ1) is 21.5. The number of rotatable bonds is 6. The van der Waals surface area contributed by atoms with Crippen LogP contribution in [-0.4, -0.2) is 33.0 Å². The van der Waals surface area contributed by atoms with Gasteiger partial charge in [0.1, 0.15) is 0 Å². The molecule has 2 heterocycles. The van der Waals surface area contributed by atoms with E-state index in [1.165, 1.54) is 30.4 Å². The Balaban J connectivity index is 1.89. The van der Waals surface area contributed by atoms with Crippen LogP contribution in [0.25, 0.3) is 0 Å². The van der Waals surface area contributed by atoms with Crippen LogP contribution in [0.3, 0.4) is 0 Å². The molecule has 0 saturated carbocycles. The fourth-order valence-corrected chi connectivity index (χ4v) is 6.62. The van der Waals surface area contributed by atoms with Crippen molar-refractivity contribution >= 4 is 21.4 Å². The summed E-state index contributed by atoms with van der Waals surface area (Å²) in [4.78, 5) is 2.88. The van der Waals surface area contributed by atoms with Crippen molar-refractivity contribution in [1.29, 1.82) is 0 Å². The molecule has 1 aliphatic heterocycles. The smallest absolute Gasteiger partial charge is 0.241 e. The van der Waals surface area contributed by atoms with Gasteiger partial charge in [-0.15, -0.1) is 0 Å². The van der Waals surface area contributed by atoms with Crippen molar-refractivity contribution in [3.05, 3.63) is 50.2 Å². The summed E-state index contributed by atoms with van der Waals surface area (Å²) < 4.78 is 29.6. The highest BCUT2D eigenvalue weighted by Gasteiger charge is 2.27. The predicted octanol–water partition coefficient (Wildman–Crippen LogP) is 4.80. The number of benzene rings is 1. The summed E-state index contributed by atoms with van der Waals surface area (Å²) in [5.41, 5.74) is 6.23. The maximum atomic E-state index is 13.3. The van der Waals surface area contributed by atoms with Crippen molar-refractivity contribution in [3.8, 4) is 0 Å². The molecule has 0 amide bonds. The minimum atomic E-state index is -3.58. The van der Waals surface area contributed by atoms with E-state index in [9.17, 15) is 8.42 Å². The van der Waals surface area contributed by atoms with Gasteiger partial charge in [-0.25, -0.2) is 13.1 Å². The number of piperidine rings is 1. The van der Waals surface area contributed by atoms with Crippen molar-refractivity contribution in [2.45, 2.75) is 64.8 Å². The standard InChI is InChI=1S/C22H32N2O2S2/c1-15-16(2)18(4)22(19(5)17(15)3)28(25,26)23-13-21(20-9-12-27-14-20)24-10-7-6-8-11-24/h9,12,14,21,23H,6-8,10-11,13H2,1-5H3. The van der Waals surface area contributed by atoms with E-state index in [0.717, 1.165) is 35.3 Å². The zero-order chi connectivity index (χ0) is 20.5. The predicted molar refractivity (Wildman–Crippen MR) is 118 cm³/mol. The van der Waals surface area contributed by atoms with Crippen LogP contribution in [0, 0.1) is 34.6 Å². The Kier molecular flexibility index (Phi) is 6.65. The summed E-state index contributed by atoms with van der Waals surface area (Å²) in [6.45, 7) is 12.4. The average Bonchev–Trinajstić information content (AvgIpc) is 3.20. The quantitative estimate of drug-likeness (QED) is 0.730. The Bertz CT molecular complexity index is 899. The molecule has 1 atom stereocenters. The fraction of sp³-hybridized carbons (Fsp3) is 0.545. The third-order valence-electron chi connectivity index (χ3n) is 6.43. The van der Waals surface area contributed by atoms with Crippen LogP contribution in [0.5, 0.6) is 0 Å². The highest BCUT2D eigenvalue weighted by molar-refractivity contribution is 7.89. The summed E-state index contributed by atoms with van der Waals surface area (Å²) in [6.07, 6.45) is 3.63. The van der Waals surface area contributed by atoms with Crippen molar-refractivity contribution in [1.82, 2.24) is 9.62 Å². The molecule has 28 heavy (non-hydrogen) atoms. The largest absolute Gasteiger partial charge is 0.295 e. The van der Waals surface area contributed by atoms with Gasteiger partial charge in [-0.05, 0) is 111 Å². The molecular formula is C22H32N2O2S2. The number of hydrogen-bond acceptors (Lipinski definition) is 4. The number of nitrogens with one attached hydrogen (secondary N) is 1. The minimum Gasteiger partial charge on any atom is -0.295 e. The second-order valence-electron chi connectivity index (χ2n) is 7.98. The Morgan fingerprint density at radius 2 is 1.54 bits per heavy atom. The van der Waals surface area contributed by atoms with Gasteiger partial charge in [0.25, 0.3) is 0 Å². The van der Waals surface area contributed by atoms with Gasteiger partial charge in [0.05, 0.1) is 4.90 Å². The second kappa shape index (κ2) is 8.66. The monoisotopic (exact) mass is 420 g/mol. The minimum absolute atomic E-state index is 0.0922. The van der Waals surface area contributed by atoms with E-state index < -0.39 is 10.0 Å². The van der Waals surface area contributed by atoms with E-state index in [1.807, 2.05) is 27.7 Å². The molecule has 1 aromatic heterocycles. The van der Waals surface area contributed by atoms with Crippen molar-refractivity contribution in [3.63, 3.8) is 0 Å². The van der Waals surface area contributed by atoms with E-state index in [1.54, 1.807) is 11.3 Å². The lowest BCUT2D eigenvalue weighted by atomic mass is 9.95. The molecule has 1 N–H and O–H groups in total. The third-order valence-corrected chi connectivity index (χ3v) is 8.82. The Morgan fingerprint density at radius 3 is 2.07 bits per heavy atom. The lowest BCUT2D eigenvalue weighted by Crippen LogP contribution is -2.40. The molecule has 1 unspecified atom stereocenters. The first-order chi connectivity index (χ1) is 13.2. The molecule has 1 aliphatic rings. The highest BCUT2D eigenvalue weighted by atomic mass is 32.2. The normalized spacial score (nSPS) is 17.0. The van der Waals surface area contributed by atoms with Gasteiger partial charge in [-0.2, -0.15) is 11.3 Å². The summed E-state index contributed by atoms with van der Waals surface area (Å²) in [5, 5.41) is 4.21. The lowest BCUT2D eigenvalue weighted by molar-refractivity contribution is 0.165. The van der Waals surface area contributed by atoms with Gasteiger partial charge in [0, 0.05) is 12.6 Å². The molecule has 0 bridgehead atoms. The molecule has 2 aromatic rings. The van der Waals surface area contributed by atoms with Gasteiger partial charge >= 0.3 is 0 Å². The van der Waals surface area contributed by atoms with Crippen LogP contribution in [-0.2, 0) is 10.0 Å². The van der Waals surface area contributed by atoms with Gasteiger partial charge in [0.15, 0.2) is 0 Å². The van der Waals surface area contributed by atoms with Gasteiger partial charge in [0.2, 0.25) is 10.0 Å². The molecular weight excluding hydrogens is 388 g/mol. The molecule has 0 aliphatic carbocycles. The van der Waals surface area contributed by atoms with Gasteiger partial charge < -0.3 is 0 Å². The molecule has 154 valence electrons. The number of nitrogens with zero attached hydrogens (tertiary/aromatic N) is 1. The molecule has 1 aromatic carbocycles. The van der Waals surface area contributed by atoms with Crippen LogP contribution in [0.2, 0.25) is 0 Å².